The SMILES string of the molecule is Cc1cc(I)ccc1Nc1ccccc1S(=O)(=O)NO. The van der Waals surface area contributed by atoms with E-state index in [0.29, 0.717) is 5.69 Å². The average Bonchev–Trinajstić information content (AvgIpc) is 2.42. The summed E-state index contributed by atoms with van der Waals surface area (Å²) < 4.78 is 24.6. The highest BCUT2D eigenvalue weighted by Crippen LogP contribution is 2.27. The molecule has 5 nitrogen and oxygen atoms in total. The van der Waals surface area contributed by atoms with E-state index in [0.717, 1.165) is 14.8 Å². The fourth-order valence-corrected chi connectivity index (χ4v) is 3.18. The molecule has 0 spiro atoms. The van der Waals surface area contributed by atoms with E-state index >= 15 is 0 Å². The third-order valence-electron chi connectivity index (χ3n) is 2.75. The Bertz CT molecular complexity index is 732. The molecule has 106 valence electrons. The van der Waals surface area contributed by atoms with Crippen molar-refractivity contribution in [2.75, 3.05) is 5.32 Å². The van der Waals surface area contributed by atoms with Crippen molar-refractivity contribution in [1.82, 2.24) is 4.89 Å². The van der Waals surface area contributed by atoms with Crippen LogP contribution in [0.25, 0.3) is 0 Å². The number of halogens is 1. The minimum absolute atomic E-state index is 0.0135. The van der Waals surface area contributed by atoms with E-state index in [9.17, 15) is 8.42 Å². The Kier molecular flexibility index (Phi) is 4.63. The normalized spacial score (nSPS) is 11.3. The lowest BCUT2D eigenvalue weighted by molar-refractivity contribution is 0.242. The molecular weight excluding hydrogens is 391 g/mol. The Balaban J connectivity index is 2.45. The van der Waals surface area contributed by atoms with Gasteiger partial charge >= 0.3 is 0 Å². The van der Waals surface area contributed by atoms with Crippen molar-refractivity contribution in [2.45, 2.75) is 11.8 Å². The molecule has 0 aliphatic heterocycles. The van der Waals surface area contributed by atoms with Crippen LogP contribution in [0.2, 0.25) is 0 Å². The molecule has 0 aromatic heterocycles. The number of nitrogens with one attached hydrogen (secondary N) is 2. The van der Waals surface area contributed by atoms with Crippen LogP contribution in [0.3, 0.4) is 0 Å². The third-order valence-corrected chi connectivity index (χ3v) is 4.60. The van der Waals surface area contributed by atoms with Crippen molar-refractivity contribution in [3.8, 4) is 0 Å². The van der Waals surface area contributed by atoms with Gasteiger partial charge in [-0.25, -0.2) is 8.42 Å². The lowest BCUT2D eigenvalue weighted by Gasteiger charge is -2.13. The van der Waals surface area contributed by atoms with Crippen molar-refractivity contribution in [3.05, 3.63) is 51.6 Å². The second-order valence-corrected chi connectivity index (χ2v) is 7.05. The van der Waals surface area contributed by atoms with Crippen LogP contribution in [0.1, 0.15) is 5.56 Å². The molecule has 0 unspecified atom stereocenters. The predicted octanol–water partition coefficient (Wildman–Crippen LogP) is 3.01. The maximum Gasteiger partial charge on any atom is 0.264 e. The van der Waals surface area contributed by atoms with Crippen molar-refractivity contribution < 1.29 is 13.6 Å². The summed E-state index contributed by atoms with van der Waals surface area (Å²) in [6, 6.07) is 12.2. The number of sulfonamides is 1. The Hall–Kier alpha value is -1.16. The Morgan fingerprint density at radius 2 is 1.80 bits per heavy atom. The second kappa shape index (κ2) is 6.08. The number of aryl methyl sites for hydroxylation is 1. The van der Waals surface area contributed by atoms with Gasteiger partial charge < -0.3 is 10.5 Å². The van der Waals surface area contributed by atoms with Crippen molar-refractivity contribution in [2.24, 2.45) is 0 Å². The molecule has 2 aromatic rings. The Labute approximate surface area is 131 Å². The highest BCUT2D eigenvalue weighted by Gasteiger charge is 2.17. The van der Waals surface area contributed by atoms with Crippen LogP contribution in [-0.4, -0.2) is 13.6 Å². The van der Waals surface area contributed by atoms with Gasteiger partial charge in [0.2, 0.25) is 0 Å². The first-order valence-electron chi connectivity index (χ1n) is 5.72. The van der Waals surface area contributed by atoms with Gasteiger partial charge in [0, 0.05) is 9.26 Å². The molecule has 0 saturated carbocycles. The first-order chi connectivity index (χ1) is 9.44. The summed E-state index contributed by atoms with van der Waals surface area (Å²) in [6.07, 6.45) is 0. The zero-order chi connectivity index (χ0) is 14.8. The summed E-state index contributed by atoms with van der Waals surface area (Å²) in [5, 5.41) is 11.8. The molecule has 0 saturated heterocycles. The molecule has 20 heavy (non-hydrogen) atoms. The van der Waals surface area contributed by atoms with E-state index in [1.807, 2.05) is 25.1 Å². The summed E-state index contributed by atoms with van der Waals surface area (Å²) in [5.74, 6) is 0. The van der Waals surface area contributed by atoms with E-state index in [-0.39, 0.29) is 4.90 Å². The second-order valence-electron chi connectivity index (χ2n) is 4.18. The van der Waals surface area contributed by atoms with Gasteiger partial charge in [-0.15, -0.1) is 0 Å². The molecule has 2 aromatic carbocycles. The maximum absolute atomic E-state index is 11.7. The zero-order valence-corrected chi connectivity index (χ0v) is 13.6. The molecular formula is C13H13IN2O3S. The first-order valence-corrected chi connectivity index (χ1v) is 8.28. The van der Waals surface area contributed by atoms with Crippen LogP contribution in [0.15, 0.2) is 47.4 Å². The van der Waals surface area contributed by atoms with Gasteiger partial charge in [-0.05, 0) is 65.4 Å². The molecule has 0 atom stereocenters. The molecule has 2 rings (SSSR count). The van der Waals surface area contributed by atoms with Crippen LogP contribution in [0, 0.1) is 10.5 Å². The van der Waals surface area contributed by atoms with Gasteiger partial charge in [0.15, 0.2) is 0 Å². The molecule has 0 heterocycles. The summed E-state index contributed by atoms with van der Waals surface area (Å²) in [5.41, 5.74) is 2.21. The first kappa shape index (κ1) is 15.2. The molecule has 0 fully saturated rings. The number of rotatable bonds is 4. The topological polar surface area (TPSA) is 78.4 Å². The van der Waals surface area contributed by atoms with Gasteiger partial charge in [-0.2, -0.15) is 0 Å². The van der Waals surface area contributed by atoms with Crippen LogP contribution in [0.5, 0.6) is 0 Å². The summed E-state index contributed by atoms with van der Waals surface area (Å²) >= 11 is 2.21. The molecule has 0 radical (unpaired) electrons. The number of hydrogen-bond acceptors (Lipinski definition) is 4. The highest BCUT2D eigenvalue weighted by atomic mass is 127. The number of anilines is 2. The summed E-state index contributed by atoms with van der Waals surface area (Å²) in [6.45, 7) is 1.94. The summed E-state index contributed by atoms with van der Waals surface area (Å²) in [7, 11) is -3.93. The lowest BCUT2D eigenvalue weighted by Crippen LogP contribution is -2.20. The fraction of sp³-hybridized carbons (Fsp3) is 0.0769. The van der Waals surface area contributed by atoms with Crippen LogP contribution in [-0.2, 0) is 10.0 Å². The van der Waals surface area contributed by atoms with Gasteiger partial charge in [0.25, 0.3) is 10.0 Å². The fourth-order valence-electron chi connectivity index (χ4n) is 1.77. The molecule has 7 heteroatoms. The van der Waals surface area contributed by atoms with Gasteiger partial charge in [0.1, 0.15) is 4.90 Å². The number of para-hydroxylation sites is 1. The largest absolute Gasteiger partial charge is 0.354 e. The van der Waals surface area contributed by atoms with Crippen molar-refractivity contribution in [1.29, 1.82) is 0 Å². The average molecular weight is 404 g/mol. The van der Waals surface area contributed by atoms with E-state index in [2.05, 4.69) is 27.9 Å². The van der Waals surface area contributed by atoms with Crippen molar-refractivity contribution >= 4 is 44.0 Å². The van der Waals surface area contributed by atoms with Gasteiger partial charge in [-0.3, -0.25) is 0 Å². The van der Waals surface area contributed by atoms with Crippen molar-refractivity contribution in [3.63, 3.8) is 0 Å². The van der Waals surface area contributed by atoms with E-state index < -0.39 is 10.0 Å². The number of benzene rings is 2. The molecule has 0 aliphatic carbocycles. The van der Waals surface area contributed by atoms with E-state index in [4.69, 9.17) is 5.21 Å². The number of hydrogen-bond donors (Lipinski definition) is 3. The predicted molar refractivity (Wildman–Crippen MR) is 85.7 cm³/mol. The quantitative estimate of drug-likeness (QED) is 0.541. The monoisotopic (exact) mass is 404 g/mol. The van der Waals surface area contributed by atoms with Crippen LogP contribution < -0.4 is 10.2 Å². The highest BCUT2D eigenvalue weighted by molar-refractivity contribution is 14.1. The Morgan fingerprint density at radius 1 is 1.10 bits per heavy atom. The van der Waals surface area contributed by atoms with Crippen LogP contribution >= 0.6 is 22.6 Å². The minimum atomic E-state index is -3.93. The lowest BCUT2D eigenvalue weighted by atomic mass is 10.2. The third kappa shape index (κ3) is 3.29. The zero-order valence-electron chi connectivity index (χ0n) is 10.6. The standard InChI is InChI=1S/C13H13IN2O3S/c1-9-8-10(14)6-7-11(9)15-12-4-2-3-5-13(12)20(18,19)16-17/h2-8,15-17H,1H3. The smallest absolute Gasteiger partial charge is 0.264 e. The van der Waals surface area contributed by atoms with E-state index in [1.54, 1.807) is 18.2 Å². The van der Waals surface area contributed by atoms with Crippen LogP contribution in [0.4, 0.5) is 11.4 Å². The molecule has 0 bridgehead atoms. The van der Waals surface area contributed by atoms with Gasteiger partial charge in [-0.1, -0.05) is 17.0 Å². The minimum Gasteiger partial charge on any atom is -0.354 e. The Morgan fingerprint density at radius 3 is 2.45 bits per heavy atom. The van der Waals surface area contributed by atoms with E-state index in [1.165, 1.54) is 11.0 Å². The maximum atomic E-state index is 11.7. The molecule has 3 N–H and O–H groups in total. The molecule has 0 amide bonds. The van der Waals surface area contributed by atoms with Gasteiger partial charge in [0.05, 0.1) is 5.69 Å². The summed E-state index contributed by atoms with van der Waals surface area (Å²) in [4.78, 5) is 1.33. The molecule has 0 aliphatic rings.